The van der Waals surface area contributed by atoms with Crippen LogP contribution in [0.2, 0.25) is 0 Å². The topological polar surface area (TPSA) is 58.0 Å². The lowest BCUT2D eigenvalue weighted by Crippen LogP contribution is -2.53. The Balaban J connectivity index is 1.50. The van der Waals surface area contributed by atoms with Crippen molar-refractivity contribution in [1.29, 1.82) is 0 Å². The maximum Gasteiger partial charge on any atom is 0.239 e. The summed E-state index contributed by atoms with van der Waals surface area (Å²) >= 11 is 0. The minimum absolute atomic E-state index is 0.0480. The smallest absolute Gasteiger partial charge is 0.239 e. The maximum atomic E-state index is 12.8. The Bertz CT molecular complexity index is 539. The summed E-state index contributed by atoms with van der Waals surface area (Å²) in [4.78, 5) is 17.1. The van der Waals surface area contributed by atoms with Crippen LogP contribution in [0.5, 0.6) is 0 Å². The average molecular weight is 335 g/mol. The average Bonchev–Trinajstić information content (AvgIpc) is 3.03. The number of hydrogen-bond donors (Lipinski definition) is 1. The van der Waals surface area contributed by atoms with Crippen LogP contribution in [-0.4, -0.2) is 67.7 Å². The zero-order valence-corrected chi connectivity index (χ0v) is 14.8. The van der Waals surface area contributed by atoms with Crippen molar-refractivity contribution in [2.45, 2.75) is 38.8 Å². The third kappa shape index (κ3) is 4.37. The number of piperidine rings is 1. The minimum Gasteiger partial charge on any atom is -0.465 e. The highest BCUT2D eigenvalue weighted by Gasteiger charge is 2.30. The molecule has 2 atom stereocenters. The molecule has 0 saturated carbocycles. The molecular formula is C18H29N3O3. The van der Waals surface area contributed by atoms with Gasteiger partial charge in [-0.3, -0.25) is 15.0 Å². The van der Waals surface area contributed by atoms with Crippen molar-refractivity contribution in [1.82, 2.24) is 15.1 Å². The van der Waals surface area contributed by atoms with Crippen LogP contribution in [-0.2, 0) is 9.53 Å². The Morgan fingerprint density at radius 3 is 2.75 bits per heavy atom. The Labute approximate surface area is 144 Å². The lowest BCUT2D eigenvalue weighted by Gasteiger charge is -2.36. The second-order valence-corrected chi connectivity index (χ2v) is 6.81. The van der Waals surface area contributed by atoms with E-state index in [0.29, 0.717) is 0 Å². The number of likely N-dealkylation sites (tertiary alicyclic amines) is 1. The summed E-state index contributed by atoms with van der Waals surface area (Å²) in [6.45, 7) is 10.2. The lowest BCUT2D eigenvalue weighted by atomic mass is 10.0. The van der Waals surface area contributed by atoms with Crippen molar-refractivity contribution in [3.63, 3.8) is 0 Å². The summed E-state index contributed by atoms with van der Waals surface area (Å²) in [5, 5.41) is 3.45. The molecule has 134 valence electrons. The van der Waals surface area contributed by atoms with E-state index in [0.717, 1.165) is 70.3 Å². The molecular weight excluding hydrogens is 306 g/mol. The van der Waals surface area contributed by atoms with Crippen molar-refractivity contribution in [2.75, 3.05) is 45.9 Å². The summed E-state index contributed by atoms with van der Waals surface area (Å²) < 4.78 is 11.0. The van der Waals surface area contributed by atoms with E-state index in [1.807, 2.05) is 24.0 Å². The maximum absolute atomic E-state index is 12.8. The zero-order chi connectivity index (χ0) is 16.9. The van der Waals surface area contributed by atoms with Crippen molar-refractivity contribution in [3.8, 4) is 0 Å². The molecule has 0 unspecified atom stereocenters. The van der Waals surface area contributed by atoms with E-state index in [-0.39, 0.29) is 18.0 Å². The molecule has 2 fully saturated rings. The number of carbonyl (C=O) groups excluding carboxylic acids is 1. The minimum atomic E-state index is -0.108. The summed E-state index contributed by atoms with van der Waals surface area (Å²) in [5.74, 6) is 2.02. The SMILES string of the molecule is Cc1ccc([C@@H](C)N[C@H]2CCCN(CCN3CCOCC3)C2=O)o1. The van der Waals surface area contributed by atoms with Crippen LogP contribution in [0, 0.1) is 6.92 Å². The third-order valence-electron chi connectivity index (χ3n) is 4.96. The number of rotatable bonds is 6. The van der Waals surface area contributed by atoms with Gasteiger partial charge in [-0.2, -0.15) is 0 Å². The molecule has 3 heterocycles. The first kappa shape index (κ1) is 17.5. The number of morpholine rings is 1. The molecule has 1 aromatic rings. The molecule has 6 heteroatoms. The van der Waals surface area contributed by atoms with E-state index in [1.165, 1.54) is 0 Å². The molecule has 0 aliphatic carbocycles. The van der Waals surface area contributed by atoms with Gasteiger partial charge < -0.3 is 14.1 Å². The van der Waals surface area contributed by atoms with Crippen molar-refractivity contribution < 1.29 is 13.9 Å². The molecule has 1 aromatic heterocycles. The number of carbonyl (C=O) groups is 1. The molecule has 2 aliphatic rings. The van der Waals surface area contributed by atoms with Gasteiger partial charge in [-0.15, -0.1) is 0 Å². The van der Waals surface area contributed by atoms with Crippen LogP contribution in [0.3, 0.4) is 0 Å². The van der Waals surface area contributed by atoms with E-state index in [2.05, 4.69) is 17.1 Å². The molecule has 1 amide bonds. The molecule has 1 N–H and O–H groups in total. The monoisotopic (exact) mass is 335 g/mol. The van der Waals surface area contributed by atoms with E-state index in [1.54, 1.807) is 0 Å². The fraction of sp³-hybridized carbons (Fsp3) is 0.722. The number of aryl methyl sites for hydroxylation is 1. The molecule has 3 rings (SSSR count). The first-order chi connectivity index (χ1) is 11.6. The fourth-order valence-electron chi connectivity index (χ4n) is 3.47. The number of ether oxygens (including phenoxy) is 1. The Morgan fingerprint density at radius 2 is 2.04 bits per heavy atom. The van der Waals surface area contributed by atoms with Gasteiger partial charge in [0.1, 0.15) is 11.5 Å². The molecule has 0 aromatic carbocycles. The molecule has 24 heavy (non-hydrogen) atoms. The van der Waals surface area contributed by atoms with Crippen molar-refractivity contribution >= 4 is 5.91 Å². The largest absolute Gasteiger partial charge is 0.465 e. The summed E-state index contributed by atoms with van der Waals surface area (Å²) in [6, 6.07) is 3.89. The van der Waals surface area contributed by atoms with Gasteiger partial charge in [0.25, 0.3) is 0 Å². The molecule has 2 saturated heterocycles. The van der Waals surface area contributed by atoms with Gasteiger partial charge in [-0.25, -0.2) is 0 Å². The van der Waals surface area contributed by atoms with Gasteiger partial charge in [0.2, 0.25) is 5.91 Å². The summed E-state index contributed by atoms with van der Waals surface area (Å²) in [7, 11) is 0. The number of nitrogens with one attached hydrogen (secondary N) is 1. The molecule has 0 bridgehead atoms. The van der Waals surface area contributed by atoms with Crippen LogP contribution in [0.4, 0.5) is 0 Å². The summed E-state index contributed by atoms with van der Waals surface area (Å²) in [6.07, 6.45) is 1.95. The van der Waals surface area contributed by atoms with Gasteiger partial charge in [0.05, 0.1) is 25.3 Å². The van der Waals surface area contributed by atoms with Gasteiger partial charge in [-0.05, 0) is 38.8 Å². The van der Waals surface area contributed by atoms with E-state index < -0.39 is 0 Å². The van der Waals surface area contributed by atoms with Crippen LogP contribution < -0.4 is 5.32 Å². The van der Waals surface area contributed by atoms with E-state index in [4.69, 9.17) is 9.15 Å². The zero-order valence-electron chi connectivity index (χ0n) is 14.8. The van der Waals surface area contributed by atoms with Gasteiger partial charge in [0.15, 0.2) is 0 Å². The van der Waals surface area contributed by atoms with Gasteiger partial charge >= 0.3 is 0 Å². The Morgan fingerprint density at radius 1 is 1.25 bits per heavy atom. The van der Waals surface area contributed by atoms with Gasteiger partial charge in [-0.1, -0.05) is 0 Å². The van der Waals surface area contributed by atoms with Crippen molar-refractivity contribution in [2.24, 2.45) is 0 Å². The standard InChI is InChI=1S/C18H29N3O3/c1-14-5-6-17(24-14)15(2)19-16-4-3-7-21(18(16)22)9-8-20-10-12-23-13-11-20/h5-6,15-16,19H,3-4,7-13H2,1-2H3/t15-,16+/m1/s1. The first-order valence-electron chi connectivity index (χ1n) is 9.05. The highest BCUT2D eigenvalue weighted by atomic mass is 16.5. The first-order valence-corrected chi connectivity index (χ1v) is 9.05. The highest BCUT2D eigenvalue weighted by molar-refractivity contribution is 5.82. The van der Waals surface area contributed by atoms with E-state index in [9.17, 15) is 4.79 Å². The molecule has 0 radical (unpaired) electrons. The van der Waals surface area contributed by atoms with Crippen LogP contribution in [0.25, 0.3) is 0 Å². The highest BCUT2D eigenvalue weighted by Crippen LogP contribution is 2.19. The van der Waals surface area contributed by atoms with E-state index >= 15 is 0 Å². The second kappa shape index (κ2) is 8.14. The van der Waals surface area contributed by atoms with Gasteiger partial charge in [0, 0.05) is 32.7 Å². The third-order valence-corrected chi connectivity index (χ3v) is 4.96. The normalized spacial score (nSPS) is 24.3. The van der Waals surface area contributed by atoms with Crippen LogP contribution in [0.15, 0.2) is 16.5 Å². The lowest BCUT2D eigenvalue weighted by molar-refractivity contribution is -0.136. The molecule has 0 spiro atoms. The number of furan rings is 1. The number of nitrogens with zero attached hydrogens (tertiary/aromatic N) is 2. The predicted octanol–water partition coefficient (Wildman–Crippen LogP) is 1.56. The quantitative estimate of drug-likeness (QED) is 0.855. The molecule has 6 nitrogen and oxygen atoms in total. The number of hydrogen-bond acceptors (Lipinski definition) is 5. The second-order valence-electron chi connectivity index (χ2n) is 6.81. The van der Waals surface area contributed by atoms with Crippen molar-refractivity contribution in [3.05, 3.63) is 23.7 Å². The number of amides is 1. The predicted molar refractivity (Wildman–Crippen MR) is 91.9 cm³/mol. The van der Waals surface area contributed by atoms with Crippen LogP contribution in [0.1, 0.15) is 37.3 Å². The molecule has 2 aliphatic heterocycles. The Hall–Kier alpha value is -1.37. The summed E-state index contributed by atoms with van der Waals surface area (Å²) in [5.41, 5.74) is 0. The Kier molecular flexibility index (Phi) is 5.92. The fourth-order valence-corrected chi connectivity index (χ4v) is 3.47. The van der Waals surface area contributed by atoms with Crippen LogP contribution >= 0.6 is 0 Å².